The average molecular weight is 401 g/mol. The van der Waals surface area contributed by atoms with E-state index >= 15 is 0 Å². The molecule has 2 heterocycles. The Balaban J connectivity index is 1.35. The zero-order chi connectivity index (χ0) is 19.6. The van der Waals surface area contributed by atoms with E-state index in [1.54, 1.807) is 11.3 Å². The van der Waals surface area contributed by atoms with Crippen molar-refractivity contribution in [2.45, 2.75) is 25.2 Å². The number of para-hydroxylation sites is 1. The van der Waals surface area contributed by atoms with Gasteiger partial charge in [0.1, 0.15) is 0 Å². The van der Waals surface area contributed by atoms with E-state index in [-0.39, 0.29) is 17.7 Å². The average Bonchev–Trinajstić information content (AvgIpc) is 3.23. The largest absolute Gasteiger partial charge is 0.338 e. The van der Waals surface area contributed by atoms with Crippen LogP contribution in [0.2, 0.25) is 0 Å². The van der Waals surface area contributed by atoms with Crippen LogP contribution < -0.4 is 0 Å². The number of carbonyl (C=O) groups excluding carboxylic acids is 1. The molecule has 4 heteroatoms. The highest BCUT2D eigenvalue weighted by Gasteiger charge is 2.35. The molecule has 2 aromatic carbocycles. The van der Waals surface area contributed by atoms with Crippen molar-refractivity contribution in [1.29, 1.82) is 0 Å². The second kappa shape index (κ2) is 7.96. The minimum absolute atomic E-state index is 0.00719. The minimum atomic E-state index is -0.00719. The van der Waals surface area contributed by atoms with E-state index in [9.17, 15) is 4.79 Å². The zero-order valence-corrected chi connectivity index (χ0v) is 17.1. The van der Waals surface area contributed by atoms with Crippen molar-refractivity contribution in [3.05, 3.63) is 83.4 Å². The first-order chi connectivity index (χ1) is 14.3. The summed E-state index contributed by atoms with van der Waals surface area (Å²) in [7, 11) is 0. The summed E-state index contributed by atoms with van der Waals surface area (Å²) in [5, 5.41) is 1.10. The van der Waals surface area contributed by atoms with E-state index in [4.69, 9.17) is 4.98 Å². The molecule has 0 N–H and O–H groups in total. The van der Waals surface area contributed by atoms with Gasteiger partial charge in [-0.3, -0.25) is 4.79 Å². The van der Waals surface area contributed by atoms with Crippen molar-refractivity contribution in [3.8, 4) is 0 Å². The summed E-state index contributed by atoms with van der Waals surface area (Å²) in [6, 6.07) is 18.8. The Bertz CT molecular complexity index is 1050. The second-order valence-corrected chi connectivity index (χ2v) is 8.87. The Hall–Kier alpha value is -2.72. The summed E-state index contributed by atoms with van der Waals surface area (Å²) < 4.78 is 1.21. The molecule has 0 bridgehead atoms. The summed E-state index contributed by atoms with van der Waals surface area (Å²) in [4.78, 5) is 20.3. The Morgan fingerprint density at radius 3 is 2.59 bits per heavy atom. The van der Waals surface area contributed by atoms with E-state index in [1.165, 1.54) is 15.8 Å². The van der Waals surface area contributed by atoms with Crippen LogP contribution >= 0.6 is 11.3 Å². The maximum Gasteiger partial charge on any atom is 0.227 e. The van der Waals surface area contributed by atoms with Crippen LogP contribution in [-0.4, -0.2) is 28.9 Å². The quantitative estimate of drug-likeness (QED) is 0.531. The Labute approximate surface area is 175 Å². The second-order valence-electron chi connectivity index (χ2n) is 7.81. The normalized spacial score (nSPS) is 21.9. The third kappa shape index (κ3) is 3.65. The van der Waals surface area contributed by atoms with Crippen molar-refractivity contribution < 1.29 is 4.79 Å². The van der Waals surface area contributed by atoms with E-state index in [1.807, 2.05) is 17.0 Å². The van der Waals surface area contributed by atoms with Crippen molar-refractivity contribution in [2.24, 2.45) is 5.92 Å². The molecule has 146 valence electrons. The molecule has 0 spiro atoms. The number of amides is 1. The highest BCUT2D eigenvalue weighted by Crippen LogP contribution is 2.39. The molecule has 5 rings (SSSR count). The fourth-order valence-corrected chi connectivity index (χ4v) is 5.57. The summed E-state index contributed by atoms with van der Waals surface area (Å²) in [5.41, 5.74) is 3.66. The maximum atomic E-state index is 13.4. The SMILES string of the molecule is O=C(C1CC=CCC1c1nc2ccccc2s1)N1CC=C(c2ccccc2)CC1. The molecule has 1 aromatic heterocycles. The summed E-state index contributed by atoms with van der Waals surface area (Å²) in [5.74, 6) is 0.457. The molecule has 2 aliphatic rings. The van der Waals surface area contributed by atoms with Crippen LogP contribution in [0.5, 0.6) is 0 Å². The van der Waals surface area contributed by atoms with E-state index in [0.717, 1.165) is 36.3 Å². The van der Waals surface area contributed by atoms with Crippen molar-refractivity contribution in [3.63, 3.8) is 0 Å². The first kappa shape index (κ1) is 18.3. The highest BCUT2D eigenvalue weighted by atomic mass is 32.1. The van der Waals surface area contributed by atoms with Gasteiger partial charge in [-0.05, 0) is 42.5 Å². The fraction of sp³-hybridized carbons (Fsp3) is 0.280. The predicted octanol–water partition coefficient (Wildman–Crippen LogP) is 5.66. The molecule has 2 atom stereocenters. The lowest BCUT2D eigenvalue weighted by molar-refractivity contribution is -0.136. The van der Waals surface area contributed by atoms with Crippen LogP contribution in [0.4, 0.5) is 0 Å². The third-order valence-electron chi connectivity index (χ3n) is 6.04. The molecule has 3 nitrogen and oxygen atoms in total. The van der Waals surface area contributed by atoms with Gasteiger partial charge in [-0.15, -0.1) is 11.3 Å². The van der Waals surface area contributed by atoms with Gasteiger partial charge in [-0.25, -0.2) is 4.98 Å². The number of rotatable bonds is 3. The Kier molecular flexibility index (Phi) is 5.03. The van der Waals surface area contributed by atoms with Gasteiger partial charge in [0.15, 0.2) is 0 Å². The number of carbonyl (C=O) groups is 1. The van der Waals surface area contributed by atoms with Gasteiger partial charge in [-0.2, -0.15) is 0 Å². The number of nitrogens with zero attached hydrogens (tertiary/aromatic N) is 2. The lowest BCUT2D eigenvalue weighted by Gasteiger charge is -2.33. The van der Waals surface area contributed by atoms with Gasteiger partial charge in [0.25, 0.3) is 0 Å². The number of hydrogen-bond donors (Lipinski definition) is 0. The zero-order valence-electron chi connectivity index (χ0n) is 16.3. The van der Waals surface area contributed by atoms with Crippen LogP contribution in [0.1, 0.15) is 35.8 Å². The predicted molar refractivity (Wildman–Crippen MR) is 120 cm³/mol. The molecule has 0 fully saturated rings. The third-order valence-corrected chi connectivity index (χ3v) is 7.21. The number of benzene rings is 2. The smallest absolute Gasteiger partial charge is 0.227 e. The van der Waals surface area contributed by atoms with Crippen molar-refractivity contribution >= 4 is 33.0 Å². The number of aromatic nitrogens is 1. The number of hydrogen-bond acceptors (Lipinski definition) is 3. The molecule has 3 aromatic rings. The number of allylic oxidation sites excluding steroid dienone is 2. The van der Waals surface area contributed by atoms with Gasteiger partial charge >= 0.3 is 0 Å². The molecule has 0 radical (unpaired) electrons. The molecule has 0 saturated heterocycles. The molecule has 1 amide bonds. The maximum absolute atomic E-state index is 13.4. The van der Waals surface area contributed by atoms with Gasteiger partial charge in [0.05, 0.1) is 21.1 Å². The lowest BCUT2D eigenvalue weighted by atomic mass is 9.82. The minimum Gasteiger partial charge on any atom is -0.338 e. The van der Waals surface area contributed by atoms with Crippen LogP contribution in [0.3, 0.4) is 0 Å². The Morgan fingerprint density at radius 1 is 1.00 bits per heavy atom. The Morgan fingerprint density at radius 2 is 1.79 bits per heavy atom. The molecule has 29 heavy (non-hydrogen) atoms. The summed E-state index contributed by atoms with van der Waals surface area (Å²) >= 11 is 1.74. The fourth-order valence-electron chi connectivity index (χ4n) is 4.43. The molecule has 0 saturated carbocycles. The molecule has 2 unspecified atom stereocenters. The van der Waals surface area contributed by atoms with Crippen LogP contribution in [0.25, 0.3) is 15.8 Å². The summed E-state index contributed by atoms with van der Waals surface area (Å²) in [6.45, 7) is 1.50. The van der Waals surface area contributed by atoms with Gasteiger partial charge < -0.3 is 4.90 Å². The van der Waals surface area contributed by atoms with E-state index in [0.29, 0.717) is 6.54 Å². The first-order valence-corrected chi connectivity index (χ1v) is 11.1. The standard InChI is InChI=1S/C25H24N2OS/c28-25(27-16-14-19(15-17-27)18-8-2-1-3-9-18)21-11-5-4-10-20(21)24-26-22-12-6-7-13-23(22)29-24/h1-9,12-14,20-21H,10-11,15-17H2. The van der Waals surface area contributed by atoms with Crippen LogP contribution in [-0.2, 0) is 4.79 Å². The van der Waals surface area contributed by atoms with Crippen molar-refractivity contribution in [2.75, 3.05) is 13.1 Å². The van der Waals surface area contributed by atoms with Crippen LogP contribution in [0.15, 0.2) is 72.8 Å². The molecule has 1 aliphatic carbocycles. The van der Waals surface area contributed by atoms with E-state index < -0.39 is 0 Å². The van der Waals surface area contributed by atoms with Crippen LogP contribution in [0, 0.1) is 5.92 Å². The highest BCUT2D eigenvalue weighted by molar-refractivity contribution is 7.18. The van der Waals surface area contributed by atoms with Gasteiger partial charge in [0.2, 0.25) is 5.91 Å². The monoisotopic (exact) mass is 400 g/mol. The molecule has 1 aliphatic heterocycles. The number of fused-ring (bicyclic) bond motifs is 1. The van der Waals surface area contributed by atoms with Gasteiger partial charge in [-0.1, -0.05) is 60.7 Å². The summed E-state index contributed by atoms with van der Waals surface area (Å²) in [6.07, 6.45) is 9.23. The first-order valence-electron chi connectivity index (χ1n) is 10.3. The lowest BCUT2D eigenvalue weighted by Crippen LogP contribution is -2.41. The van der Waals surface area contributed by atoms with Crippen molar-refractivity contribution in [1.82, 2.24) is 9.88 Å². The molecular formula is C25H24N2OS. The molecular weight excluding hydrogens is 376 g/mol. The van der Waals surface area contributed by atoms with E-state index in [2.05, 4.69) is 60.7 Å². The number of thiazole rings is 1. The topological polar surface area (TPSA) is 33.2 Å². The van der Waals surface area contributed by atoms with Gasteiger partial charge in [0, 0.05) is 19.0 Å².